The minimum atomic E-state index is -0.577. The second kappa shape index (κ2) is 11.1. The van der Waals surface area contributed by atoms with Gasteiger partial charge >= 0.3 is 11.9 Å². The predicted molar refractivity (Wildman–Crippen MR) is 95.5 cm³/mol. The molecule has 1 saturated carbocycles. The first kappa shape index (κ1) is 21.5. The Balaban J connectivity index is 2.93. The van der Waals surface area contributed by atoms with Crippen molar-refractivity contribution < 1.29 is 19.1 Å². The Bertz CT molecular complexity index is 471. The van der Waals surface area contributed by atoms with Crippen molar-refractivity contribution in [2.24, 2.45) is 17.3 Å². The lowest BCUT2D eigenvalue weighted by Crippen LogP contribution is -2.36. The van der Waals surface area contributed by atoms with Crippen LogP contribution in [0.25, 0.3) is 0 Å². The van der Waals surface area contributed by atoms with E-state index in [0.29, 0.717) is 6.61 Å². The van der Waals surface area contributed by atoms with Gasteiger partial charge in [-0.05, 0) is 39.0 Å². The first-order valence-corrected chi connectivity index (χ1v) is 9.78. The smallest absolute Gasteiger partial charge is 0.309 e. The SMILES string of the molecule is CCCCCCC1(C#N)CCCC1C(CC(=O)OCC)C(=O)OCC. The fourth-order valence-electron chi connectivity index (χ4n) is 4.10. The molecule has 5 heteroatoms. The van der Waals surface area contributed by atoms with Crippen LogP contribution < -0.4 is 0 Å². The summed E-state index contributed by atoms with van der Waals surface area (Å²) in [6.45, 7) is 6.24. The summed E-state index contributed by atoms with van der Waals surface area (Å²) in [6, 6.07) is 2.53. The van der Waals surface area contributed by atoms with Crippen LogP contribution in [0.3, 0.4) is 0 Å². The molecule has 1 aliphatic rings. The molecule has 0 amide bonds. The van der Waals surface area contributed by atoms with E-state index in [1.807, 2.05) is 0 Å². The summed E-state index contributed by atoms with van der Waals surface area (Å²) in [5, 5.41) is 9.92. The number of ether oxygens (including phenoxy) is 2. The van der Waals surface area contributed by atoms with E-state index in [-0.39, 0.29) is 30.9 Å². The number of unbranched alkanes of at least 4 members (excludes halogenated alkanes) is 3. The average Bonchev–Trinajstić information content (AvgIpc) is 3.01. The zero-order chi connectivity index (χ0) is 18.7. The van der Waals surface area contributed by atoms with Gasteiger partial charge in [0.1, 0.15) is 0 Å². The van der Waals surface area contributed by atoms with Crippen molar-refractivity contribution in [3.63, 3.8) is 0 Å². The van der Waals surface area contributed by atoms with Crippen LogP contribution in [-0.4, -0.2) is 25.2 Å². The summed E-state index contributed by atoms with van der Waals surface area (Å²) < 4.78 is 10.3. The number of carbonyl (C=O) groups is 2. The monoisotopic (exact) mass is 351 g/mol. The summed E-state index contributed by atoms with van der Waals surface area (Å²) in [5.41, 5.74) is -0.516. The molecule has 0 aromatic heterocycles. The largest absolute Gasteiger partial charge is 0.466 e. The van der Waals surface area contributed by atoms with Crippen LogP contribution in [0.5, 0.6) is 0 Å². The molecular formula is C20H33NO4. The van der Waals surface area contributed by atoms with E-state index in [4.69, 9.17) is 9.47 Å². The molecule has 1 fully saturated rings. The lowest BCUT2D eigenvalue weighted by Gasteiger charge is -2.33. The van der Waals surface area contributed by atoms with Crippen molar-refractivity contribution >= 4 is 11.9 Å². The van der Waals surface area contributed by atoms with Crippen LogP contribution in [0.1, 0.15) is 78.6 Å². The van der Waals surface area contributed by atoms with Gasteiger partial charge in [-0.2, -0.15) is 5.26 Å². The number of rotatable bonds is 11. The molecule has 3 atom stereocenters. The number of hydrogen-bond acceptors (Lipinski definition) is 5. The van der Waals surface area contributed by atoms with Crippen LogP contribution in [0.4, 0.5) is 0 Å². The van der Waals surface area contributed by atoms with E-state index in [1.54, 1.807) is 13.8 Å². The molecule has 3 unspecified atom stereocenters. The zero-order valence-corrected chi connectivity index (χ0v) is 16.0. The van der Waals surface area contributed by atoms with Gasteiger partial charge in [-0.1, -0.05) is 39.0 Å². The second-order valence-electron chi connectivity index (χ2n) is 6.95. The predicted octanol–water partition coefficient (Wildman–Crippen LogP) is 4.40. The first-order chi connectivity index (χ1) is 12.0. The molecule has 142 valence electrons. The molecule has 5 nitrogen and oxygen atoms in total. The van der Waals surface area contributed by atoms with Gasteiger partial charge in [0.05, 0.1) is 37.0 Å². The molecule has 0 N–H and O–H groups in total. The standard InChI is InChI=1S/C20H33NO4/c1-4-7-8-9-12-20(15-21)13-10-11-17(20)16(19(23)25-6-3)14-18(22)24-5-2/h16-17H,4-14H2,1-3H3. The van der Waals surface area contributed by atoms with E-state index in [2.05, 4.69) is 13.0 Å². The minimum Gasteiger partial charge on any atom is -0.466 e. The van der Waals surface area contributed by atoms with Crippen LogP contribution in [0, 0.1) is 28.6 Å². The quantitative estimate of drug-likeness (QED) is 0.407. The summed E-state index contributed by atoms with van der Waals surface area (Å²) in [4.78, 5) is 24.5. The third-order valence-electron chi connectivity index (χ3n) is 5.31. The molecule has 0 saturated heterocycles. The molecule has 0 heterocycles. The van der Waals surface area contributed by atoms with Crippen molar-refractivity contribution in [3.8, 4) is 6.07 Å². The number of carbonyl (C=O) groups excluding carboxylic acids is 2. The molecule has 0 aromatic rings. The Morgan fingerprint density at radius 1 is 1.16 bits per heavy atom. The van der Waals surface area contributed by atoms with Gasteiger partial charge in [-0.15, -0.1) is 0 Å². The Hall–Kier alpha value is -1.57. The highest BCUT2D eigenvalue weighted by Crippen LogP contribution is 2.51. The van der Waals surface area contributed by atoms with Crippen molar-refractivity contribution in [2.75, 3.05) is 13.2 Å². The molecule has 0 aromatic carbocycles. The Labute approximate surface area is 152 Å². The van der Waals surface area contributed by atoms with Crippen LogP contribution >= 0.6 is 0 Å². The maximum absolute atomic E-state index is 12.5. The van der Waals surface area contributed by atoms with Crippen LogP contribution in [-0.2, 0) is 19.1 Å². The highest BCUT2D eigenvalue weighted by atomic mass is 16.5. The van der Waals surface area contributed by atoms with Crippen molar-refractivity contribution in [3.05, 3.63) is 0 Å². The van der Waals surface area contributed by atoms with Crippen molar-refractivity contribution in [2.45, 2.75) is 78.6 Å². The molecule has 1 rings (SSSR count). The highest BCUT2D eigenvalue weighted by Gasteiger charge is 2.49. The van der Waals surface area contributed by atoms with E-state index in [9.17, 15) is 14.9 Å². The van der Waals surface area contributed by atoms with Gasteiger partial charge in [0.2, 0.25) is 0 Å². The highest BCUT2D eigenvalue weighted by molar-refractivity contribution is 5.80. The average molecular weight is 351 g/mol. The molecule has 0 bridgehead atoms. The Kier molecular flexibility index (Phi) is 9.55. The van der Waals surface area contributed by atoms with E-state index < -0.39 is 11.3 Å². The van der Waals surface area contributed by atoms with Crippen molar-refractivity contribution in [1.82, 2.24) is 0 Å². The maximum Gasteiger partial charge on any atom is 0.309 e. The molecule has 0 radical (unpaired) electrons. The van der Waals surface area contributed by atoms with Crippen LogP contribution in [0.2, 0.25) is 0 Å². The molecule has 0 spiro atoms. The number of nitriles is 1. The number of hydrogen-bond donors (Lipinski definition) is 0. The summed E-state index contributed by atoms with van der Waals surface area (Å²) in [5.74, 6) is -1.45. The third-order valence-corrected chi connectivity index (χ3v) is 5.31. The summed E-state index contributed by atoms with van der Waals surface area (Å²) in [7, 11) is 0. The van der Waals surface area contributed by atoms with Gasteiger partial charge in [-0.25, -0.2) is 0 Å². The summed E-state index contributed by atoms with van der Waals surface area (Å²) >= 11 is 0. The minimum absolute atomic E-state index is 0.00965. The molecular weight excluding hydrogens is 318 g/mol. The normalized spacial score (nSPS) is 23.7. The molecule has 1 aliphatic carbocycles. The second-order valence-corrected chi connectivity index (χ2v) is 6.95. The lowest BCUT2D eigenvalue weighted by molar-refractivity contribution is -0.158. The van der Waals surface area contributed by atoms with E-state index in [0.717, 1.165) is 51.4 Å². The summed E-state index contributed by atoms with van der Waals surface area (Å²) in [6.07, 6.45) is 7.74. The van der Waals surface area contributed by atoms with E-state index >= 15 is 0 Å². The maximum atomic E-state index is 12.5. The van der Waals surface area contributed by atoms with Gasteiger partial charge < -0.3 is 9.47 Å². The zero-order valence-electron chi connectivity index (χ0n) is 16.0. The van der Waals surface area contributed by atoms with Crippen LogP contribution in [0.15, 0.2) is 0 Å². The van der Waals surface area contributed by atoms with Crippen molar-refractivity contribution in [1.29, 1.82) is 5.26 Å². The first-order valence-electron chi connectivity index (χ1n) is 9.78. The molecule has 25 heavy (non-hydrogen) atoms. The number of esters is 2. The van der Waals surface area contributed by atoms with Gasteiger partial charge in [0.15, 0.2) is 0 Å². The van der Waals surface area contributed by atoms with Gasteiger partial charge in [0.25, 0.3) is 0 Å². The number of nitrogens with zero attached hydrogens (tertiary/aromatic N) is 1. The fraction of sp³-hybridized carbons (Fsp3) is 0.850. The Morgan fingerprint density at radius 3 is 2.48 bits per heavy atom. The fourth-order valence-corrected chi connectivity index (χ4v) is 4.10. The van der Waals surface area contributed by atoms with Gasteiger partial charge in [0, 0.05) is 0 Å². The molecule has 0 aliphatic heterocycles. The van der Waals surface area contributed by atoms with Gasteiger partial charge in [-0.3, -0.25) is 9.59 Å². The Morgan fingerprint density at radius 2 is 1.88 bits per heavy atom. The topological polar surface area (TPSA) is 76.4 Å². The lowest BCUT2D eigenvalue weighted by atomic mass is 9.68. The van der Waals surface area contributed by atoms with E-state index in [1.165, 1.54) is 0 Å². The third kappa shape index (κ3) is 6.02.